The quantitative estimate of drug-likeness (QED) is 0.487. The number of nitro groups is 1. The van der Waals surface area contributed by atoms with Gasteiger partial charge in [0.15, 0.2) is 0 Å². The number of thioether (sulfide) groups is 1. The summed E-state index contributed by atoms with van der Waals surface area (Å²) in [6, 6.07) is 8.41. The second kappa shape index (κ2) is 7.87. The van der Waals surface area contributed by atoms with Crippen molar-refractivity contribution < 1.29 is 18.5 Å². The SMILES string of the molecule is C[C@H](NC(=O)CSc1ccc([N+](=O)[O-])cc1)c1ccc(F)cc1F. The lowest BCUT2D eigenvalue weighted by Gasteiger charge is -2.15. The zero-order chi connectivity index (χ0) is 17.7. The smallest absolute Gasteiger partial charge is 0.269 e. The Bertz CT molecular complexity index is 753. The molecule has 1 N–H and O–H groups in total. The summed E-state index contributed by atoms with van der Waals surface area (Å²) in [5.41, 5.74) is 0.175. The number of halogens is 2. The van der Waals surface area contributed by atoms with Gasteiger partial charge in [-0.2, -0.15) is 0 Å². The van der Waals surface area contributed by atoms with Crippen molar-refractivity contribution in [3.63, 3.8) is 0 Å². The minimum absolute atomic E-state index is 0.0239. The highest BCUT2D eigenvalue weighted by atomic mass is 32.2. The molecule has 0 aliphatic heterocycles. The molecule has 0 radical (unpaired) electrons. The standard InChI is InChI=1S/C16H14F2N2O3S/c1-10(14-7-2-11(17)8-15(14)18)19-16(21)9-24-13-5-3-12(4-6-13)20(22)23/h2-8,10H,9H2,1H3,(H,19,21)/t10-/m0/s1. The Morgan fingerprint density at radius 2 is 1.92 bits per heavy atom. The van der Waals surface area contributed by atoms with Gasteiger partial charge in [0.05, 0.1) is 16.7 Å². The largest absolute Gasteiger partial charge is 0.349 e. The maximum absolute atomic E-state index is 13.7. The van der Waals surface area contributed by atoms with E-state index in [1.54, 1.807) is 19.1 Å². The van der Waals surface area contributed by atoms with Gasteiger partial charge >= 0.3 is 0 Å². The van der Waals surface area contributed by atoms with Gasteiger partial charge < -0.3 is 5.32 Å². The summed E-state index contributed by atoms with van der Waals surface area (Å²) in [6.07, 6.45) is 0. The van der Waals surface area contributed by atoms with Crippen molar-refractivity contribution in [2.24, 2.45) is 0 Å². The van der Waals surface area contributed by atoms with Crippen molar-refractivity contribution >= 4 is 23.4 Å². The Balaban J connectivity index is 1.89. The lowest BCUT2D eigenvalue weighted by Crippen LogP contribution is -2.28. The molecule has 8 heteroatoms. The third-order valence-corrected chi connectivity index (χ3v) is 4.24. The number of nitro benzene ring substituents is 1. The number of carbonyl (C=O) groups excluding carboxylic acids is 1. The average Bonchev–Trinajstić information content (AvgIpc) is 2.53. The van der Waals surface area contributed by atoms with E-state index in [9.17, 15) is 23.7 Å². The van der Waals surface area contributed by atoms with E-state index in [4.69, 9.17) is 0 Å². The van der Waals surface area contributed by atoms with Crippen LogP contribution in [-0.2, 0) is 4.79 Å². The Hall–Kier alpha value is -2.48. The van der Waals surface area contributed by atoms with Crippen LogP contribution in [0.2, 0.25) is 0 Å². The van der Waals surface area contributed by atoms with E-state index in [1.807, 2.05) is 0 Å². The molecule has 1 atom stereocenters. The van der Waals surface area contributed by atoms with E-state index >= 15 is 0 Å². The van der Waals surface area contributed by atoms with Crippen molar-refractivity contribution in [2.75, 3.05) is 5.75 Å². The van der Waals surface area contributed by atoms with Crippen LogP contribution >= 0.6 is 11.8 Å². The molecule has 1 amide bonds. The molecular weight excluding hydrogens is 338 g/mol. The number of carbonyl (C=O) groups is 1. The van der Waals surface area contributed by atoms with Gasteiger partial charge in [0.25, 0.3) is 5.69 Å². The van der Waals surface area contributed by atoms with Crippen molar-refractivity contribution in [3.8, 4) is 0 Å². The minimum atomic E-state index is -0.717. The van der Waals surface area contributed by atoms with Crippen LogP contribution < -0.4 is 5.32 Å². The molecule has 0 heterocycles. The molecule has 126 valence electrons. The lowest BCUT2D eigenvalue weighted by molar-refractivity contribution is -0.384. The number of rotatable bonds is 6. The second-order valence-corrected chi connectivity index (χ2v) is 6.04. The van der Waals surface area contributed by atoms with E-state index in [2.05, 4.69) is 5.32 Å². The monoisotopic (exact) mass is 352 g/mol. The Kier molecular flexibility index (Phi) is 5.86. The predicted octanol–water partition coefficient (Wildman–Crippen LogP) is 3.84. The highest BCUT2D eigenvalue weighted by molar-refractivity contribution is 8.00. The molecule has 0 fully saturated rings. The first kappa shape index (κ1) is 17.9. The molecule has 2 rings (SSSR count). The summed E-state index contributed by atoms with van der Waals surface area (Å²) < 4.78 is 26.5. The fourth-order valence-corrected chi connectivity index (χ4v) is 2.74. The molecule has 0 aromatic heterocycles. The van der Waals surface area contributed by atoms with Crippen LogP contribution in [0.15, 0.2) is 47.4 Å². The molecule has 0 saturated carbocycles. The van der Waals surface area contributed by atoms with E-state index in [-0.39, 0.29) is 22.9 Å². The summed E-state index contributed by atoms with van der Waals surface area (Å²) in [5, 5.41) is 13.2. The Morgan fingerprint density at radius 3 is 2.50 bits per heavy atom. The number of hydrogen-bond donors (Lipinski definition) is 1. The fraction of sp³-hybridized carbons (Fsp3) is 0.188. The third-order valence-electron chi connectivity index (χ3n) is 3.22. The molecule has 24 heavy (non-hydrogen) atoms. The predicted molar refractivity (Wildman–Crippen MR) is 86.7 cm³/mol. The second-order valence-electron chi connectivity index (χ2n) is 4.99. The number of non-ortho nitro benzene ring substituents is 1. The van der Waals surface area contributed by atoms with Crippen molar-refractivity contribution in [1.82, 2.24) is 5.32 Å². The van der Waals surface area contributed by atoms with E-state index in [1.165, 1.54) is 30.0 Å². The van der Waals surface area contributed by atoms with Gasteiger partial charge in [-0.1, -0.05) is 6.07 Å². The van der Waals surface area contributed by atoms with Crippen LogP contribution in [0.4, 0.5) is 14.5 Å². The molecule has 0 unspecified atom stereocenters. The number of nitrogens with zero attached hydrogens (tertiary/aromatic N) is 1. The lowest BCUT2D eigenvalue weighted by atomic mass is 10.1. The zero-order valence-corrected chi connectivity index (χ0v) is 13.5. The maximum Gasteiger partial charge on any atom is 0.269 e. The van der Waals surface area contributed by atoms with Crippen LogP contribution in [0.5, 0.6) is 0 Å². The molecule has 2 aromatic rings. The number of amides is 1. The summed E-state index contributed by atoms with van der Waals surface area (Å²) in [4.78, 5) is 22.7. The highest BCUT2D eigenvalue weighted by Gasteiger charge is 2.14. The Labute approximate surface area is 141 Å². The van der Waals surface area contributed by atoms with Gasteiger partial charge in [0, 0.05) is 28.7 Å². The van der Waals surface area contributed by atoms with Gasteiger partial charge in [-0.15, -0.1) is 11.8 Å². The van der Waals surface area contributed by atoms with Crippen LogP contribution in [0.1, 0.15) is 18.5 Å². The summed E-state index contributed by atoms with van der Waals surface area (Å²) in [5.74, 6) is -1.64. The number of benzene rings is 2. The van der Waals surface area contributed by atoms with Crippen LogP contribution in [-0.4, -0.2) is 16.6 Å². The molecule has 0 bridgehead atoms. The first-order chi connectivity index (χ1) is 11.4. The molecule has 0 spiro atoms. The topological polar surface area (TPSA) is 72.2 Å². The van der Waals surface area contributed by atoms with E-state index < -0.39 is 22.6 Å². The third kappa shape index (κ3) is 4.76. The van der Waals surface area contributed by atoms with Gasteiger partial charge in [-0.3, -0.25) is 14.9 Å². The molecule has 0 saturated heterocycles. The van der Waals surface area contributed by atoms with Crippen LogP contribution in [0.3, 0.4) is 0 Å². The number of hydrogen-bond acceptors (Lipinski definition) is 4. The normalized spacial score (nSPS) is 11.8. The summed E-state index contributed by atoms with van der Waals surface area (Å²) in [7, 11) is 0. The van der Waals surface area contributed by atoms with Crippen LogP contribution in [0.25, 0.3) is 0 Å². The highest BCUT2D eigenvalue weighted by Crippen LogP contribution is 2.22. The van der Waals surface area contributed by atoms with Crippen molar-refractivity contribution in [2.45, 2.75) is 17.9 Å². The Morgan fingerprint density at radius 1 is 1.25 bits per heavy atom. The maximum atomic E-state index is 13.7. The molecule has 5 nitrogen and oxygen atoms in total. The number of nitrogens with one attached hydrogen (secondary N) is 1. The van der Waals surface area contributed by atoms with E-state index in [0.29, 0.717) is 4.90 Å². The molecule has 2 aromatic carbocycles. The van der Waals surface area contributed by atoms with Gasteiger partial charge in [0.2, 0.25) is 5.91 Å². The van der Waals surface area contributed by atoms with Crippen molar-refractivity contribution in [1.29, 1.82) is 0 Å². The molecular formula is C16H14F2N2O3S. The van der Waals surface area contributed by atoms with Crippen LogP contribution in [0, 0.1) is 21.7 Å². The van der Waals surface area contributed by atoms with E-state index in [0.717, 1.165) is 12.1 Å². The fourth-order valence-electron chi connectivity index (χ4n) is 2.03. The van der Waals surface area contributed by atoms with Crippen molar-refractivity contribution in [3.05, 3.63) is 69.8 Å². The van der Waals surface area contributed by atoms with Gasteiger partial charge in [0.1, 0.15) is 11.6 Å². The summed E-state index contributed by atoms with van der Waals surface area (Å²) >= 11 is 1.20. The first-order valence-corrected chi connectivity index (χ1v) is 7.97. The van der Waals surface area contributed by atoms with Gasteiger partial charge in [-0.25, -0.2) is 8.78 Å². The molecule has 0 aliphatic rings. The van der Waals surface area contributed by atoms with Gasteiger partial charge in [-0.05, 0) is 25.1 Å². The zero-order valence-electron chi connectivity index (χ0n) is 12.7. The first-order valence-electron chi connectivity index (χ1n) is 6.98. The summed E-state index contributed by atoms with van der Waals surface area (Å²) in [6.45, 7) is 1.60. The minimum Gasteiger partial charge on any atom is -0.349 e. The molecule has 0 aliphatic carbocycles. The average molecular weight is 352 g/mol.